The Balaban J connectivity index is 2.33. The highest BCUT2D eigenvalue weighted by Gasteiger charge is 2.16. The molecule has 0 saturated heterocycles. The number of aryl methyl sites for hydroxylation is 1. The molecule has 1 N–H and O–H groups in total. The minimum Gasteiger partial charge on any atom is -0.477 e. The van der Waals surface area contributed by atoms with E-state index in [0.717, 1.165) is 20.1 Å². The Morgan fingerprint density at radius 3 is 2.89 bits per heavy atom. The van der Waals surface area contributed by atoms with Gasteiger partial charge in [0.1, 0.15) is 5.56 Å². The molecule has 0 unspecified atom stereocenters. The van der Waals surface area contributed by atoms with Gasteiger partial charge >= 0.3 is 5.97 Å². The van der Waals surface area contributed by atoms with E-state index in [9.17, 15) is 4.79 Å². The first-order valence-electron chi connectivity index (χ1n) is 5.40. The molecular weight excluding hydrogens is 330 g/mol. The Kier molecular flexibility index (Phi) is 2.87. The lowest BCUT2D eigenvalue weighted by Crippen LogP contribution is -2.01. The predicted molar refractivity (Wildman–Crippen MR) is 75.7 cm³/mol. The van der Waals surface area contributed by atoms with Crippen LogP contribution in [0.5, 0.6) is 0 Å². The average Bonchev–Trinajstić information content (AvgIpc) is 2.93. The smallest absolute Gasteiger partial charge is 0.341 e. The van der Waals surface area contributed by atoms with E-state index in [1.54, 1.807) is 15.9 Å². The standard InChI is InChI=1S/C12H8BrN3O2S/c1-6-4-8(9-2-3-10(13)19-9)16-11(15-6)7(5-14-16)12(17)18/h2-5H,1H3,(H,17,18). The summed E-state index contributed by atoms with van der Waals surface area (Å²) in [5, 5.41) is 13.3. The molecule has 3 aromatic rings. The van der Waals surface area contributed by atoms with Crippen LogP contribution in [0.15, 0.2) is 28.2 Å². The molecule has 19 heavy (non-hydrogen) atoms. The number of hydrogen-bond acceptors (Lipinski definition) is 4. The number of fused-ring (bicyclic) bond motifs is 1. The van der Waals surface area contributed by atoms with Crippen molar-refractivity contribution in [1.82, 2.24) is 14.6 Å². The van der Waals surface area contributed by atoms with E-state index < -0.39 is 5.97 Å². The molecule has 3 rings (SSSR count). The second-order valence-electron chi connectivity index (χ2n) is 3.99. The zero-order valence-corrected chi connectivity index (χ0v) is 12.2. The lowest BCUT2D eigenvalue weighted by atomic mass is 10.2. The van der Waals surface area contributed by atoms with Crippen molar-refractivity contribution in [1.29, 1.82) is 0 Å². The van der Waals surface area contributed by atoms with Crippen molar-refractivity contribution in [3.8, 4) is 10.6 Å². The van der Waals surface area contributed by atoms with E-state index in [1.807, 2.05) is 25.1 Å². The van der Waals surface area contributed by atoms with Crippen LogP contribution in [0, 0.1) is 6.92 Å². The molecule has 3 aromatic heterocycles. The van der Waals surface area contributed by atoms with Crippen LogP contribution in [0.3, 0.4) is 0 Å². The molecule has 96 valence electrons. The number of thiophene rings is 1. The third-order valence-electron chi connectivity index (χ3n) is 2.66. The van der Waals surface area contributed by atoms with Crippen molar-refractivity contribution in [2.75, 3.05) is 0 Å². The van der Waals surface area contributed by atoms with Gasteiger partial charge < -0.3 is 5.11 Å². The highest BCUT2D eigenvalue weighted by atomic mass is 79.9. The molecule has 0 spiro atoms. The summed E-state index contributed by atoms with van der Waals surface area (Å²) in [7, 11) is 0. The Morgan fingerprint density at radius 2 is 2.26 bits per heavy atom. The van der Waals surface area contributed by atoms with Crippen LogP contribution in [-0.2, 0) is 0 Å². The van der Waals surface area contributed by atoms with Gasteiger partial charge in [-0.1, -0.05) is 0 Å². The number of rotatable bonds is 2. The molecule has 5 nitrogen and oxygen atoms in total. The van der Waals surface area contributed by atoms with E-state index >= 15 is 0 Å². The number of aromatic carboxylic acids is 1. The molecule has 0 aliphatic carbocycles. The second-order valence-corrected chi connectivity index (χ2v) is 6.45. The maximum Gasteiger partial charge on any atom is 0.341 e. The minimum absolute atomic E-state index is 0.112. The van der Waals surface area contributed by atoms with Crippen LogP contribution in [0.1, 0.15) is 16.1 Å². The second kappa shape index (κ2) is 4.43. The van der Waals surface area contributed by atoms with Crippen molar-refractivity contribution < 1.29 is 9.90 Å². The lowest BCUT2D eigenvalue weighted by Gasteiger charge is -2.04. The monoisotopic (exact) mass is 337 g/mol. The van der Waals surface area contributed by atoms with Gasteiger partial charge in [-0.2, -0.15) is 5.10 Å². The summed E-state index contributed by atoms with van der Waals surface area (Å²) in [6.45, 7) is 1.84. The van der Waals surface area contributed by atoms with Crippen molar-refractivity contribution in [2.24, 2.45) is 0 Å². The molecule has 0 fully saturated rings. The summed E-state index contributed by atoms with van der Waals surface area (Å²) in [4.78, 5) is 16.4. The molecule has 3 heterocycles. The summed E-state index contributed by atoms with van der Waals surface area (Å²) < 4.78 is 2.57. The van der Waals surface area contributed by atoms with E-state index in [2.05, 4.69) is 26.0 Å². The molecular formula is C12H8BrN3O2S. The van der Waals surface area contributed by atoms with Gasteiger partial charge in [-0.25, -0.2) is 14.3 Å². The van der Waals surface area contributed by atoms with Crippen molar-refractivity contribution >= 4 is 38.9 Å². The van der Waals surface area contributed by atoms with Crippen molar-refractivity contribution in [3.05, 3.63) is 39.4 Å². The first-order valence-corrected chi connectivity index (χ1v) is 7.01. The molecule has 0 radical (unpaired) electrons. The van der Waals surface area contributed by atoms with Crippen LogP contribution in [-0.4, -0.2) is 25.7 Å². The fourth-order valence-electron chi connectivity index (χ4n) is 1.86. The van der Waals surface area contributed by atoms with Crippen molar-refractivity contribution in [2.45, 2.75) is 6.92 Å². The van der Waals surface area contributed by atoms with Crippen LogP contribution >= 0.6 is 27.3 Å². The fourth-order valence-corrected chi connectivity index (χ4v) is 3.25. The van der Waals surface area contributed by atoms with Gasteiger partial charge in [0.15, 0.2) is 5.65 Å². The number of aromatic nitrogens is 3. The zero-order valence-electron chi connectivity index (χ0n) is 9.79. The number of carbonyl (C=O) groups is 1. The van der Waals surface area contributed by atoms with Crippen LogP contribution in [0.25, 0.3) is 16.2 Å². The maximum atomic E-state index is 11.1. The Labute approximate surface area is 120 Å². The molecule has 0 saturated carbocycles. The normalized spacial score (nSPS) is 11.1. The first kappa shape index (κ1) is 12.3. The van der Waals surface area contributed by atoms with Gasteiger partial charge in [0.25, 0.3) is 0 Å². The van der Waals surface area contributed by atoms with Gasteiger partial charge in [0.05, 0.1) is 20.6 Å². The summed E-state index contributed by atoms with van der Waals surface area (Å²) in [6.07, 6.45) is 1.33. The maximum absolute atomic E-state index is 11.1. The first-order chi connectivity index (χ1) is 9.06. The van der Waals surface area contributed by atoms with Gasteiger partial charge in [-0.05, 0) is 41.1 Å². The number of nitrogens with zero attached hydrogens (tertiary/aromatic N) is 3. The molecule has 0 bridgehead atoms. The molecule has 0 aliphatic heterocycles. The molecule has 7 heteroatoms. The van der Waals surface area contributed by atoms with Crippen LogP contribution < -0.4 is 0 Å². The summed E-state index contributed by atoms with van der Waals surface area (Å²) in [6, 6.07) is 5.80. The topological polar surface area (TPSA) is 67.5 Å². The Bertz CT molecular complexity index is 793. The SMILES string of the molecule is Cc1cc(-c2ccc(Br)s2)n2ncc(C(=O)O)c2n1. The van der Waals surface area contributed by atoms with E-state index in [-0.39, 0.29) is 5.56 Å². The van der Waals surface area contributed by atoms with Crippen LogP contribution in [0.2, 0.25) is 0 Å². The number of hydrogen-bond donors (Lipinski definition) is 1. The van der Waals surface area contributed by atoms with Crippen molar-refractivity contribution in [3.63, 3.8) is 0 Å². The minimum atomic E-state index is -1.02. The fraction of sp³-hybridized carbons (Fsp3) is 0.0833. The largest absolute Gasteiger partial charge is 0.477 e. The highest BCUT2D eigenvalue weighted by Crippen LogP contribution is 2.31. The molecule has 0 amide bonds. The van der Waals surface area contributed by atoms with Gasteiger partial charge in [0, 0.05) is 5.69 Å². The quantitative estimate of drug-likeness (QED) is 0.779. The third-order valence-corrected chi connectivity index (χ3v) is 4.30. The van der Waals surface area contributed by atoms with E-state index in [0.29, 0.717) is 5.65 Å². The van der Waals surface area contributed by atoms with E-state index in [1.165, 1.54) is 6.20 Å². The highest BCUT2D eigenvalue weighted by molar-refractivity contribution is 9.11. The number of halogens is 1. The lowest BCUT2D eigenvalue weighted by molar-refractivity contribution is 0.0699. The van der Waals surface area contributed by atoms with Gasteiger partial charge in [-0.3, -0.25) is 0 Å². The van der Waals surface area contributed by atoms with E-state index in [4.69, 9.17) is 5.11 Å². The molecule has 0 atom stereocenters. The third kappa shape index (κ3) is 2.04. The summed E-state index contributed by atoms with van der Waals surface area (Å²) in [5.41, 5.74) is 2.08. The average molecular weight is 338 g/mol. The summed E-state index contributed by atoms with van der Waals surface area (Å²) in [5.74, 6) is -1.02. The van der Waals surface area contributed by atoms with Crippen LogP contribution in [0.4, 0.5) is 0 Å². The Hall–Kier alpha value is -1.73. The van der Waals surface area contributed by atoms with Gasteiger partial charge in [-0.15, -0.1) is 11.3 Å². The predicted octanol–water partition coefficient (Wildman–Crippen LogP) is 3.23. The Morgan fingerprint density at radius 1 is 1.47 bits per heavy atom. The zero-order chi connectivity index (χ0) is 13.6. The summed E-state index contributed by atoms with van der Waals surface area (Å²) >= 11 is 4.98. The number of carboxylic acid groups (broad SMARTS) is 1. The van der Waals surface area contributed by atoms with Gasteiger partial charge in [0.2, 0.25) is 0 Å². The molecule has 0 aliphatic rings. The molecule has 0 aromatic carbocycles. The number of carboxylic acids is 1.